The molecule has 0 atom stereocenters. The van der Waals surface area contributed by atoms with Crippen LogP contribution in [0.1, 0.15) is 25.8 Å². The standard InChI is InChI=1S/C12H15NO/c1-3-10(2)12(9-13-14)11-7-5-4-6-8-11/h4-9,14H,3H2,1-2H3. The zero-order valence-electron chi connectivity index (χ0n) is 8.57. The average Bonchev–Trinajstić information content (AvgIpc) is 2.26. The molecule has 2 heteroatoms. The Bertz CT molecular complexity index is 339. The van der Waals surface area contributed by atoms with Gasteiger partial charge in [0, 0.05) is 5.57 Å². The van der Waals surface area contributed by atoms with Crippen molar-refractivity contribution in [3.05, 3.63) is 41.5 Å². The Morgan fingerprint density at radius 1 is 1.36 bits per heavy atom. The molecule has 0 spiro atoms. The van der Waals surface area contributed by atoms with Crippen molar-refractivity contribution in [1.82, 2.24) is 0 Å². The van der Waals surface area contributed by atoms with Gasteiger partial charge in [-0.25, -0.2) is 0 Å². The summed E-state index contributed by atoms with van der Waals surface area (Å²) in [5.74, 6) is 0. The van der Waals surface area contributed by atoms with E-state index in [1.165, 1.54) is 11.8 Å². The summed E-state index contributed by atoms with van der Waals surface area (Å²) in [5.41, 5.74) is 3.30. The van der Waals surface area contributed by atoms with Gasteiger partial charge in [-0.2, -0.15) is 0 Å². The third-order valence-corrected chi connectivity index (χ3v) is 2.26. The number of nitrogens with zero attached hydrogens (tertiary/aromatic N) is 1. The highest BCUT2D eigenvalue weighted by atomic mass is 16.4. The maximum Gasteiger partial charge on any atom is 0.0739 e. The Hall–Kier alpha value is -1.57. The van der Waals surface area contributed by atoms with Crippen molar-refractivity contribution in [2.45, 2.75) is 20.3 Å². The lowest BCUT2D eigenvalue weighted by Crippen LogP contribution is -1.90. The van der Waals surface area contributed by atoms with E-state index in [0.29, 0.717) is 0 Å². The number of rotatable bonds is 3. The molecule has 0 bridgehead atoms. The maximum atomic E-state index is 8.58. The van der Waals surface area contributed by atoms with E-state index in [1.54, 1.807) is 0 Å². The van der Waals surface area contributed by atoms with Gasteiger partial charge in [0.05, 0.1) is 6.21 Å². The molecule has 1 rings (SSSR count). The monoisotopic (exact) mass is 189 g/mol. The molecule has 0 radical (unpaired) electrons. The van der Waals surface area contributed by atoms with Crippen LogP contribution in [-0.4, -0.2) is 11.4 Å². The molecule has 0 aliphatic carbocycles. The van der Waals surface area contributed by atoms with E-state index < -0.39 is 0 Å². The molecular weight excluding hydrogens is 174 g/mol. The second-order valence-electron chi connectivity index (χ2n) is 3.16. The number of hydrogen-bond acceptors (Lipinski definition) is 2. The van der Waals surface area contributed by atoms with E-state index in [4.69, 9.17) is 5.21 Å². The number of oxime groups is 1. The number of allylic oxidation sites excluding steroid dienone is 2. The first-order valence-electron chi connectivity index (χ1n) is 4.72. The Morgan fingerprint density at radius 3 is 2.50 bits per heavy atom. The molecule has 1 aromatic carbocycles. The zero-order chi connectivity index (χ0) is 10.4. The van der Waals surface area contributed by atoms with Crippen LogP contribution in [0.3, 0.4) is 0 Å². The minimum Gasteiger partial charge on any atom is -0.411 e. The molecule has 0 aromatic heterocycles. The molecule has 0 saturated carbocycles. The van der Waals surface area contributed by atoms with Crippen molar-refractivity contribution in [1.29, 1.82) is 0 Å². The summed E-state index contributed by atoms with van der Waals surface area (Å²) in [6.45, 7) is 4.13. The van der Waals surface area contributed by atoms with Crippen LogP contribution in [0.2, 0.25) is 0 Å². The van der Waals surface area contributed by atoms with Crippen LogP contribution in [0, 0.1) is 0 Å². The lowest BCUT2D eigenvalue weighted by molar-refractivity contribution is 0.322. The topological polar surface area (TPSA) is 32.6 Å². The minimum atomic E-state index is 0.955. The molecule has 1 aromatic rings. The lowest BCUT2D eigenvalue weighted by Gasteiger charge is -2.05. The summed E-state index contributed by atoms with van der Waals surface area (Å²) in [4.78, 5) is 0. The smallest absolute Gasteiger partial charge is 0.0739 e. The van der Waals surface area contributed by atoms with Crippen LogP contribution in [-0.2, 0) is 0 Å². The highest BCUT2D eigenvalue weighted by Crippen LogP contribution is 2.18. The Balaban J connectivity index is 3.14. The summed E-state index contributed by atoms with van der Waals surface area (Å²) < 4.78 is 0. The molecule has 0 unspecified atom stereocenters. The van der Waals surface area contributed by atoms with Crippen LogP contribution in [0.5, 0.6) is 0 Å². The fraction of sp³-hybridized carbons (Fsp3) is 0.250. The van der Waals surface area contributed by atoms with E-state index in [1.807, 2.05) is 37.3 Å². The van der Waals surface area contributed by atoms with Gasteiger partial charge in [-0.05, 0) is 18.9 Å². The van der Waals surface area contributed by atoms with E-state index in [0.717, 1.165) is 17.6 Å². The summed E-state index contributed by atoms with van der Waals surface area (Å²) in [6.07, 6.45) is 2.45. The highest BCUT2D eigenvalue weighted by molar-refractivity contribution is 6.10. The van der Waals surface area contributed by atoms with Gasteiger partial charge < -0.3 is 5.21 Å². The predicted molar refractivity (Wildman–Crippen MR) is 59.6 cm³/mol. The third kappa shape index (κ3) is 2.46. The second-order valence-corrected chi connectivity index (χ2v) is 3.16. The third-order valence-electron chi connectivity index (χ3n) is 2.26. The molecule has 0 saturated heterocycles. The largest absolute Gasteiger partial charge is 0.411 e. The minimum absolute atomic E-state index is 0.955. The van der Waals surface area contributed by atoms with Crippen LogP contribution >= 0.6 is 0 Å². The van der Waals surface area contributed by atoms with Gasteiger partial charge in [0.2, 0.25) is 0 Å². The lowest BCUT2D eigenvalue weighted by atomic mass is 10.0. The van der Waals surface area contributed by atoms with Crippen LogP contribution in [0.25, 0.3) is 5.57 Å². The Kier molecular flexibility index (Phi) is 3.92. The molecule has 1 N–H and O–H groups in total. The van der Waals surface area contributed by atoms with E-state index in [-0.39, 0.29) is 0 Å². The molecule has 14 heavy (non-hydrogen) atoms. The number of benzene rings is 1. The number of hydrogen-bond donors (Lipinski definition) is 1. The summed E-state index contributed by atoms with van der Waals surface area (Å²) in [5, 5.41) is 11.7. The van der Waals surface area contributed by atoms with Crippen LogP contribution in [0.15, 0.2) is 41.1 Å². The van der Waals surface area contributed by atoms with Gasteiger partial charge in [0.15, 0.2) is 0 Å². The maximum absolute atomic E-state index is 8.58. The van der Waals surface area contributed by atoms with E-state index in [2.05, 4.69) is 12.1 Å². The van der Waals surface area contributed by atoms with Gasteiger partial charge in [0.1, 0.15) is 0 Å². The first-order chi connectivity index (χ1) is 6.79. The predicted octanol–water partition coefficient (Wildman–Crippen LogP) is 3.33. The van der Waals surface area contributed by atoms with Gasteiger partial charge in [-0.1, -0.05) is 48.0 Å². The van der Waals surface area contributed by atoms with E-state index in [9.17, 15) is 0 Å². The molecule has 0 fully saturated rings. The van der Waals surface area contributed by atoms with Crippen molar-refractivity contribution >= 4 is 11.8 Å². The van der Waals surface area contributed by atoms with Gasteiger partial charge >= 0.3 is 0 Å². The first kappa shape index (κ1) is 10.5. The SMILES string of the molecule is CCC(C)=C(C=NO)c1ccccc1. The fourth-order valence-corrected chi connectivity index (χ4v) is 1.30. The van der Waals surface area contributed by atoms with Crippen LogP contribution < -0.4 is 0 Å². The average molecular weight is 189 g/mol. The normalized spacial score (nSPS) is 13.0. The van der Waals surface area contributed by atoms with Gasteiger partial charge in [0.25, 0.3) is 0 Å². The van der Waals surface area contributed by atoms with Crippen molar-refractivity contribution in [3.8, 4) is 0 Å². The van der Waals surface area contributed by atoms with Crippen LogP contribution in [0.4, 0.5) is 0 Å². The van der Waals surface area contributed by atoms with Crippen molar-refractivity contribution < 1.29 is 5.21 Å². The molecule has 0 amide bonds. The summed E-state index contributed by atoms with van der Waals surface area (Å²) in [6, 6.07) is 9.94. The summed E-state index contributed by atoms with van der Waals surface area (Å²) in [7, 11) is 0. The van der Waals surface area contributed by atoms with Gasteiger partial charge in [-0.3, -0.25) is 0 Å². The van der Waals surface area contributed by atoms with Crippen molar-refractivity contribution in [2.75, 3.05) is 0 Å². The quantitative estimate of drug-likeness (QED) is 0.441. The van der Waals surface area contributed by atoms with E-state index >= 15 is 0 Å². The summed E-state index contributed by atoms with van der Waals surface area (Å²) >= 11 is 0. The molecule has 0 aliphatic rings. The highest BCUT2D eigenvalue weighted by Gasteiger charge is 2.01. The fourth-order valence-electron chi connectivity index (χ4n) is 1.30. The van der Waals surface area contributed by atoms with Gasteiger partial charge in [-0.15, -0.1) is 0 Å². The Morgan fingerprint density at radius 2 is 2.00 bits per heavy atom. The molecule has 0 heterocycles. The first-order valence-corrected chi connectivity index (χ1v) is 4.72. The molecule has 2 nitrogen and oxygen atoms in total. The second kappa shape index (κ2) is 5.22. The zero-order valence-corrected chi connectivity index (χ0v) is 8.57. The molecule has 74 valence electrons. The molecular formula is C12H15NO. The molecule has 0 aliphatic heterocycles. The van der Waals surface area contributed by atoms with Crippen molar-refractivity contribution in [3.63, 3.8) is 0 Å². The Labute approximate surface area is 84.6 Å². The van der Waals surface area contributed by atoms with Crippen molar-refractivity contribution in [2.24, 2.45) is 5.16 Å².